The first-order valence-electron chi connectivity index (χ1n) is 4.76. The van der Waals surface area contributed by atoms with E-state index in [9.17, 15) is 4.57 Å². The molecule has 0 aromatic rings. The molecule has 0 spiro atoms. The van der Waals surface area contributed by atoms with Gasteiger partial charge in [0.15, 0.2) is 0 Å². The fourth-order valence-electron chi connectivity index (χ4n) is 1.21. The Morgan fingerprint density at radius 3 is 2.21 bits per heavy atom. The lowest BCUT2D eigenvalue weighted by molar-refractivity contribution is 0.237. The van der Waals surface area contributed by atoms with E-state index in [1.165, 1.54) is 0 Å². The van der Waals surface area contributed by atoms with Crippen molar-refractivity contribution in [2.75, 3.05) is 6.61 Å². The Labute approximate surface area is 86.8 Å². The van der Waals surface area contributed by atoms with E-state index in [-0.39, 0.29) is 25.1 Å². The molecule has 0 aromatic carbocycles. The van der Waals surface area contributed by atoms with Crippen LogP contribution in [0.1, 0.15) is 34.1 Å². The minimum Gasteiger partial charge on any atom is -0.198 e. The average molecular weight is 217 g/mol. The SMILES string of the molecule is CC(C)N(C(C)C)[P+](=O)OCCC#N. The monoisotopic (exact) mass is 217 g/mol. The minimum atomic E-state index is -1.80. The van der Waals surface area contributed by atoms with Crippen LogP contribution in [0.25, 0.3) is 0 Å². The maximum absolute atomic E-state index is 11.6. The summed E-state index contributed by atoms with van der Waals surface area (Å²) >= 11 is 0. The predicted octanol–water partition coefficient (Wildman–Crippen LogP) is 2.69. The van der Waals surface area contributed by atoms with Crippen LogP contribution in [0.3, 0.4) is 0 Å². The van der Waals surface area contributed by atoms with Gasteiger partial charge in [0.25, 0.3) is 0 Å². The van der Waals surface area contributed by atoms with Gasteiger partial charge in [-0.15, -0.1) is 4.52 Å². The van der Waals surface area contributed by atoms with E-state index in [4.69, 9.17) is 9.79 Å². The molecule has 0 saturated heterocycles. The van der Waals surface area contributed by atoms with Gasteiger partial charge in [0.1, 0.15) is 6.61 Å². The first-order chi connectivity index (χ1) is 6.50. The van der Waals surface area contributed by atoms with E-state index in [0.29, 0.717) is 0 Å². The lowest BCUT2D eigenvalue weighted by atomic mass is 10.3. The van der Waals surface area contributed by atoms with Crippen molar-refractivity contribution < 1.29 is 9.09 Å². The van der Waals surface area contributed by atoms with Gasteiger partial charge in [-0.2, -0.15) is 5.26 Å². The molecule has 0 aliphatic carbocycles. The maximum atomic E-state index is 11.6. The van der Waals surface area contributed by atoms with Crippen molar-refractivity contribution in [3.63, 3.8) is 0 Å². The molecule has 0 fully saturated rings. The number of nitrogens with zero attached hydrogens (tertiary/aromatic N) is 2. The van der Waals surface area contributed by atoms with Crippen LogP contribution in [0.2, 0.25) is 0 Å². The second kappa shape index (κ2) is 6.89. The van der Waals surface area contributed by atoms with Gasteiger partial charge in [-0.1, -0.05) is 4.67 Å². The highest BCUT2D eigenvalue weighted by atomic mass is 31.1. The first kappa shape index (κ1) is 13.5. The largest absolute Gasteiger partial charge is 0.616 e. The molecule has 1 unspecified atom stereocenters. The Morgan fingerprint density at radius 2 is 1.86 bits per heavy atom. The molecule has 0 aliphatic rings. The summed E-state index contributed by atoms with van der Waals surface area (Å²) in [6, 6.07) is 2.31. The smallest absolute Gasteiger partial charge is 0.198 e. The third-order valence-corrected chi connectivity index (χ3v) is 3.37. The number of nitriles is 1. The Hall–Kier alpha value is -0.490. The molecule has 0 radical (unpaired) electrons. The highest BCUT2D eigenvalue weighted by Gasteiger charge is 2.35. The summed E-state index contributed by atoms with van der Waals surface area (Å²) in [7, 11) is -1.80. The predicted molar refractivity (Wildman–Crippen MR) is 55.9 cm³/mol. The molecule has 0 amide bonds. The van der Waals surface area contributed by atoms with Gasteiger partial charge in [0.2, 0.25) is 0 Å². The van der Waals surface area contributed by atoms with Crippen LogP contribution in [-0.4, -0.2) is 23.4 Å². The number of hydrogen-bond acceptors (Lipinski definition) is 3. The molecule has 0 bridgehead atoms. The lowest BCUT2D eigenvalue weighted by Gasteiger charge is -2.17. The second-order valence-electron chi connectivity index (χ2n) is 3.55. The standard InChI is InChI=1S/C9H18N2O2P/c1-8(2)11(9(3)4)14(12)13-7-5-6-10/h8-9H,5,7H2,1-4H3/q+1. The van der Waals surface area contributed by atoms with Crippen molar-refractivity contribution in [2.45, 2.75) is 46.2 Å². The van der Waals surface area contributed by atoms with E-state index in [0.717, 1.165) is 0 Å². The van der Waals surface area contributed by atoms with E-state index < -0.39 is 8.18 Å². The highest BCUT2D eigenvalue weighted by molar-refractivity contribution is 7.36. The van der Waals surface area contributed by atoms with Gasteiger partial charge in [0, 0.05) is 0 Å². The van der Waals surface area contributed by atoms with Gasteiger partial charge in [-0.05, 0) is 32.3 Å². The minimum absolute atomic E-state index is 0.181. The van der Waals surface area contributed by atoms with Gasteiger partial charge in [-0.3, -0.25) is 0 Å². The molecule has 0 saturated carbocycles. The quantitative estimate of drug-likeness (QED) is 0.507. The summed E-state index contributed by atoms with van der Waals surface area (Å²) < 4.78 is 18.5. The van der Waals surface area contributed by atoms with E-state index >= 15 is 0 Å². The van der Waals surface area contributed by atoms with E-state index in [1.54, 1.807) is 4.67 Å². The molecule has 0 heterocycles. The molecular formula is C9H18N2O2P+. The summed E-state index contributed by atoms with van der Waals surface area (Å²) in [5.41, 5.74) is 0. The first-order valence-corrected chi connectivity index (χ1v) is 5.89. The molecule has 0 aliphatic heterocycles. The summed E-state index contributed by atoms with van der Waals surface area (Å²) in [5.74, 6) is 0. The third kappa shape index (κ3) is 4.66. The molecule has 14 heavy (non-hydrogen) atoms. The molecule has 5 heteroatoms. The van der Waals surface area contributed by atoms with Crippen LogP contribution in [0.5, 0.6) is 0 Å². The average Bonchev–Trinajstić information content (AvgIpc) is 2.03. The third-order valence-electron chi connectivity index (χ3n) is 1.66. The lowest BCUT2D eigenvalue weighted by Crippen LogP contribution is -2.31. The van der Waals surface area contributed by atoms with Crippen molar-refractivity contribution in [1.29, 1.82) is 5.26 Å². The zero-order valence-corrected chi connectivity index (χ0v) is 10.1. The Kier molecular flexibility index (Phi) is 6.65. The molecular weight excluding hydrogens is 199 g/mol. The number of rotatable bonds is 6. The van der Waals surface area contributed by atoms with Crippen LogP contribution < -0.4 is 0 Å². The van der Waals surface area contributed by atoms with Crippen molar-refractivity contribution in [3.8, 4) is 6.07 Å². The molecule has 0 N–H and O–H groups in total. The van der Waals surface area contributed by atoms with Gasteiger partial charge >= 0.3 is 8.18 Å². The van der Waals surface area contributed by atoms with Crippen LogP contribution in [-0.2, 0) is 9.09 Å². The Morgan fingerprint density at radius 1 is 1.36 bits per heavy atom. The second-order valence-corrected chi connectivity index (χ2v) is 4.74. The van der Waals surface area contributed by atoms with Crippen molar-refractivity contribution >= 4 is 8.18 Å². The molecule has 0 rings (SSSR count). The zero-order valence-electron chi connectivity index (χ0n) is 9.23. The maximum Gasteiger partial charge on any atom is 0.616 e. The normalized spacial score (nSPS) is 12.3. The van der Waals surface area contributed by atoms with Crippen LogP contribution in [0.4, 0.5) is 0 Å². The Bertz CT molecular complexity index is 215. The van der Waals surface area contributed by atoms with Crippen molar-refractivity contribution in [2.24, 2.45) is 0 Å². The summed E-state index contributed by atoms with van der Waals surface area (Å²) in [6.45, 7) is 8.13. The molecule has 1 atom stereocenters. The fourth-order valence-corrected chi connectivity index (χ4v) is 2.34. The van der Waals surface area contributed by atoms with Gasteiger partial charge < -0.3 is 0 Å². The van der Waals surface area contributed by atoms with Crippen molar-refractivity contribution in [1.82, 2.24) is 4.67 Å². The van der Waals surface area contributed by atoms with Crippen LogP contribution >= 0.6 is 8.18 Å². The van der Waals surface area contributed by atoms with Crippen molar-refractivity contribution in [3.05, 3.63) is 0 Å². The summed E-state index contributed by atoms with van der Waals surface area (Å²) in [4.78, 5) is 0. The number of hydrogen-bond donors (Lipinski definition) is 0. The van der Waals surface area contributed by atoms with Gasteiger partial charge in [-0.25, -0.2) is 0 Å². The molecule has 80 valence electrons. The van der Waals surface area contributed by atoms with Crippen LogP contribution in [0, 0.1) is 11.3 Å². The summed E-state index contributed by atoms with van der Waals surface area (Å²) in [5, 5.41) is 8.30. The fraction of sp³-hybridized carbons (Fsp3) is 0.889. The van der Waals surface area contributed by atoms with E-state index in [1.807, 2.05) is 33.8 Å². The molecule has 4 nitrogen and oxygen atoms in total. The summed E-state index contributed by atoms with van der Waals surface area (Å²) in [6.07, 6.45) is 0.283. The highest BCUT2D eigenvalue weighted by Crippen LogP contribution is 2.32. The topological polar surface area (TPSA) is 53.3 Å². The van der Waals surface area contributed by atoms with E-state index in [2.05, 4.69) is 0 Å². The van der Waals surface area contributed by atoms with Crippen LogP contribution in [0.15, 0.2) is 0 Å². The Balaban J connectivity index is 4.11. The zero-order chi connectivity index (χ0) is 11.1. The molecule has 0 aromatic heterocycles. The van der Waals surface area contributed by atoms with Gasteiger partial charge in [0.05, 0.1) is 24.6 Å².